The molecule has 6 rings (SSSR count). The Morgan fingerprint density at radius 2 is 1.61 bits per heavy atom. The van der Waals surface area contributed by atoms with Gasteiger partial charge in [0.2, 0.25) is 0 Å². The summed E-state index contributed by atoms with van der Waals surface area (Å²) < 4.78 is 6.60. The molecule has 0 N–H and O–H groups in total. The Morgan fingerprint density at radius 1 is 0.818 bits per heavy atom. The number of hydrogen-bond acceptors (Lipinski definition) is 2. The van der Waals surface area contributed by atoms with Gasteiger partial charge in [-0.25, -0.2) is 0 Å². The maximum absolute atomic E-state index is 6.60. The predicted molar refractivity (Wildman–Crippen MR) is 138 cm³/mol. The number of benzene rings is 3. The largest absolute Gasteiger partial charge is 0.455 e. The average Bonchev–Trinajstić information content (AvgIpc) is 3.24. The maximum atomic E-state index is 6.60. The molecule has 0 aliphatic heterocycles. The fourth-order valence-electron chi connectivity index (χ4n) is 5.76. The van der Waals surface area contributed by atoms with Gasteiger partial charge in [0.05, 0.1) is 5.69 Å². The van der Waals surface area contributed by atoms with E-state index in [1.165, 1.54) is 44.3 Å². The van der Waals surface area contributed by atoms with Crippen LogP contribution < -0.4 is 0 Å². The summed E-state index contributed by atoms with van der Waals surface area (Å²) in [5.41, 5.74) is 13.1. The molecule has 33 heavy (non-hydrogen) atoms. The third-order valence-corrected chi connectivity index (χ3v) is 7.58. The zero-order chi connectivity index (χ0) is 23.1. The van der Waals surface area contributed by atoms with Crippen molar-refractivity contribution in [1.82, 2.24) is 4.98 Å². The standard InChI is InChI=1S/C31H29NO/c1-17(2)24-16-32-27(13-19(24)4)29-18(3)11-12-21-23-14-26-22(15-28(23)33-30(21)29)20-9-7-8-10-25(20)31(26,5)6/h7-17H,1-6H3. The van der Waals surface area contributed by atoms with Crippen LogP contribution in [0.2, 0.25) is 0 Å². The molecule has 0 fully saturated rings. The number of fused-ring (bicyclic) bond motifs is 6. The van der Waals surface area contributed by atoms with Gasteiger partial charge < -0.3 is 4.42 Å². The molecule has 0 saturated heterocycles. The highest BCUT2D eigenvalue weighted by atomic mass is 16.3. The summed E-state index contributed by atoms with van der Waals surface area (Å²) in [5.74, 6) is 0.461. The number of furan rings is 1. The normalized spacial score (nSPS) is 14.3. The monoisotopic (exact) mass is 431 g/mol. The molecule has 0 radical (unpaired) electrons. The first-order valence-corrected chi connectivity index (χ1v) is 11.8. The first-order chi connectivity index (χ1) is 15.8. The van der Waals surface area contributed by atoms with E-state index in [0.29, 0.717) is 5.92 Å². The van der Waals surface area contributed by atoms with E-state index in [9.17, 15) is 0 Å². The third kappa shape index (κ3) is 2.76. The van der Waals surface area contributed by atoms with Gasteiger partial charge in [-0.05, 0) is 76.9 Å². The average molecular weight is 432 g/mol. The lowest BCUT2D eigenvalue weighted by Crippen LogP contribution is -2.14. The van der Waals surface area contributed by atoms with Crippen LogP contribution in [0, 0.1) is 13.8 Å². The Balaban J connectivity index is 1.63. The number of aromatic nitrogens is 1. The van der Waals surface area contributed by atoms with Gasteiger partial charge in [-0.1, -0.05) is 64.1 Å². The SMILES string of the molecule is Cc1cc(-c2c(C)ccc3c2oc2cc4c(cc23)C(C)(C)c2ccccc2-4)ncc1C(C)C. The highest BCUT2D eigenvalue weighted by Crippen LogP contribution is 2.51. The predicted octanol–water partition coefficient (Wildman–Crippen LogP) is 8.69. The van der Waals surface area contributed by atoms with Crippen molar-refractivity contribution in [2.45, 2.75) is 52.9 Å². The summed E-state index contributed by atoms with van der Waals surface area (Å²) in [6, 6.07) is 20.0. The molecule has 3 aromatic carbocycles. The summed E-state index contributed by atoms with van der Waals surface area (Å²) in [6.45, 7) is 13.4. The van der Waals surface area contributed by atoms with Crippen LogP contribution in [0.5, 0.6) is 0 Å². The van der Waals surface area contributed by atoms with E-state index < -0.39 is 0 Å². The summed E-state index contributed by atoms with van der Waals surface area (Å²) in [7, 11) is 0. The minimum atomic E-state index is -0.0252. The molecule has 2 nitrogen and oxygen atoms in total. The molecular weight excluding hydrogens is 402 g/mol. The fraction of sp³-hybridized carbons (Fsp3) is 0.258. The molecule has 0 bridgehead atoms. The van der Waals surface area contributed by atoms with E-state index in [1.807, 2.05) is 6.20 Å². The number of pyridine rings is 1. The molecule has 0 saturated carbocycles. The van der Waals surface area contributed by atoms with Crippen LogP contribution in [0.25, 0.3) is 44.3 Å². The molecule has 1 aliphatic rings. The van der Waals surface area contributed by atoms with Crippen molar-refractivity contribution in [1.29, 1.82) is 0 Å². The first kappa shape index (κ1) is 20.2. The van der Waals surface area contributed by atoms with Crippen molar-refractivity contribution in [3.8, 4) is 22.4 Å². The van der Waals surface area contributed by atoms with E-state index in [4.69, 9.17) is 9.40 Å². The smallest absolute Gasteiger partial charge is 0.145 e. The minimum Gasteiger partial charge on any atom is -0.455 e. The van der Waals surface area contributed by atoms with Gasteiger partial charge in [0.25, 0.3) is 0 Å². The van der Waals surface area contributed by atoms with Crippen LogP contribution in [-0.4, -0.2) is 4.98 Å². The zero-order valence-electron chi connectivity index (χ0n) is 20.2. The van der Waals surface area contributed by atoms with Crippen molar-refractivity contribution in [2.75, 3.05) is 0 Å². The molecule has 164 valence electrons. The van der Waals surface area contributed by atoms with Gasteiger partial charge in [-0.2, -0.15) is 0 Å². The number of rotatable bonds is 2. The molecule has 0 spiro atoms. The quantitative estimate of drug-likeness (QED) is 0.279. The highest BCUT2D eigenvalue weighted by Gasteiger charge is 2.36. The number of aryl methyl sites for hydroxylation is 2. The summed E-state index contributed by atoms with van der Waals surface area (Å²) >= 11 is 0. The lowest BCUT2D eigenvalue weighted by molar-refractivity contribution is 0.658. The van der Waals surface area contributed by atoms with Gasteiger partial charge in [0.1, 0.15) is 11.2 Å². The summed E-state index contributed by atoms with van der Waals surface area (Å²) in [4.78, 5) is 4.87. The Kier molecular flexibility index (Phi) is 4.17. The number of nitrogens with zero attached hydrogens (tertiary/aromatic N) is 1. The first-order valence-electron chi connectivity index (χ1n) is 11.8. The van der Waals surface area contributed by atoms with Gasteiger partial charge in [0, 0.05) is 27.9 Å². The molecule has 0 unspecified atom stereocenters. The molecule has 0 amide bonds. The van der Waals surface area contributed by atoms with Gasteiger partial charge in [-0.3, -0.25) is 4.98 Å². The zero-order valence-corrected chi connectivity index (χ0v) is 20.2. The van der Waals surface area contributed by atoms with Crippen LogP contribution in [0.3, 0.4) is 0 Å². The molecule has 1 aliphatic carbocycles. The van der Waals surface area contributed by atoms with Gasteiger partial charge in [0.15, 0.2) is 0 Å². The minimum absolute atomic E-state index is 0.0252. The lowest BCUT2D eigenvalue weighted by Gasteiger charge is -2.21. The van der Waals surface area contributed by atoms with Crippen LogP contribution in [0.15, 0.2) is 65.2 Å². The third-order valence-electron chi connectivity index (χ3n) is 7.58. The summed E-state index contributed by atoms with van der Waals surface area (Å²) in [5, 5.41) is 2.34. The van der Waals surface area contributed by atoms with Crippen LogP contribution in [-0.2, 0) is 5.41 Å². The highest BCUT2D eigenvalue weighted by molar-refractivity contribution is 6.11. The lowest BCUT2D eigenvalue weighted by atomic mass is 9.82. The van der Waals surface area contributed by atoms with E-state index >= 15 is 0 Å². The number of hydrogen-bond donors (Lipinski definition) is 0. The van der Waals surface area contributed by atoms with Crippen LogP contribution in [0.1, 0.15) is 61.4 Å². The van der Waals surface area contributed by atoms with E-state index in [-0.39, 0.29) is 5.41 Å². The second-order valence-electron chi connectivity index (χ2n) is 10.4. The van der Waals surface area contributed by atoms with Crippen molar-refractivity contribution < 1.29 is 4.42 Å². The van der Waals surface area contributed by atoms with Crippen LogP contribution in [0.4, 0.5) is 0 Å². The summed E-state index contributed by atoms with van der Waals surface area (Å²) in [6.07, 6.45) is 2.03. The Hall–Kier alpha value is -3.39. The van der Waals surface area contributed by atoms with Crippen LogP contribution >= 0.6 is 0 Å². The van der Waals surface area contributed by atoms with Crippen molar-refractivity contribution in [3.63, 3.8) is 0 Å². The Bertz CT molecular complexity index is 1580. The van der Waals surface area contributed by atoms with Gasteiger partial charge >= 0.3 is 0 Å². The van der Waals surface area contributed by atoms with Crippen molar-refractivity contribution in [3.05, 3.63) is 88.6 Å². The molecule has 2 heteroatoms. The molecule has 5 aromatic rings. The molecule has 0 atom stereocenters. The maximum Gasteiger partial charge on any atom is 0.145 e. The van der Waals surface area contributed by atoms with Crippen molar-refractivity contribution >= 4 is 21.9 Å². The van der Waals surface area contributed by atoms with E-state index in [0.717, 1.165) is 27.8 Å². The topological polar surface area (TPSA) is 26.0 Å². The fourth-order valence-corrected chi connectivity index (χ4v) is 5.76. The second kappa shape index (κ2) is 6.81. The van der Waals surface area contributed by atoms with Crippen molar-refractivity contribution in [2.24, 2.45) is 0 Å². The van der Waals surface area contributed by atoms with E-state index in [1.54, 1.807) is 0 Å². The Labute approximate surface area is 195 Å². The Morgan fingerprint density at radius 3 is 2.36 bits per heavy atom. The molecule has 2 aromatic heterocycles. The molecule has 2 heterocycles. The molecular formula is C31H29NO. The second-order valence-corrected chi connectivity index (χ2v) is 10.4. The van der Waals surface area contributed by atoms with Gasteiger partial charge in [-0.15, -0.1) is 0 Å². The van der Waals surface area contributed by atoms with E-state index in [2.05, 4.69) is 96.1 Å².